The number of hydrogen-bond acceptors (Lipinski definition) is 4. The van der Waals surface area contributed by atoms with Gasteiger partial charge in [0.2, 0.25) is 0 Å². The Labute approximate surface area is 188 Å². The minimum atomic E-state index is -0.0951. The van der Waals surface area contributed by atoms with E-state index in [1.807, 2.05) is 43.4 Å². The van der Waals surface area contributed by atoms with E-state index in [0.717, 1.165) is 42.8 Å². The largest absolute Gasteiger partial charge is 0.488 e. The molecule has 31 heavy (non-hydrogen) atoms. The van der Waals surface area contributed by atoms with Crippen LogP contribution < -0.4 is 15.4 Å². The zero-order chi connectivity index (χ0) is 21.8. The topological polar surface area (TPSA) is 50.4 Å². The summed E-state index contributed by atoms with van der Waals surface area (Å²) >= 11 is 1.85. The zero-order valence-electron chi connectivity index (χ0n) is 18.4. The highest BCUT2D eigenvalue weighted by Crippen LogP contribution is 2.30. The smallest absolute Gasteiger partial charge is 0.252 e. The fourth-order valence-corrected chi connectivity index (χ4v) is 4.80. The molecule has 2 aromatic carbocycles. The maximum absolute atomic E-state index is 13.0. The molecule has 1 atom stereocenters. The molecule has 1 aliphatic heterocycles. The van der Waals surface area contributed by atoms with Crippen LogP contribution in [0.3, 0.4) is 0 Å². The predicted octanol–water partition coefficient (Wildman–Crippen LogP) is 5.52. The van der Waals surface area contributed by atoms with Crippen molar-refractivity contribution in [2.45, 2.75) is 45.8 Å². The number of nitrogens with one attached hydrogen (secondary N) is 2. The van der Waals surface area contributed by atoms with Gasteiger partial charge in [-0.25, -0.2) is 0 Å². The Morgan fingerprint density at radius 1 is 1.19 bits per heavy atom. The minimum absolute atomic E-state index is 0.0751. The standard InChI is InChI=1S/C26H30N2O2S/c1-4-6-23-11-12-25(31-23)20-8-5-7-19(13-20)18(3)28-26(29)24-14-21(10-9-17(24)2)30-22-15-27-16-22/h5,7-14,18,22,27H,4,6,15-16H2,1-3H3,(H,28,29). The van der Waals surface area contributed by atoms with Gasteiger partial charge in [0, 0.05) is 28.4 Å². The van der Waals surface area contributed by atoms with Crippen LogP contribution in [-0.2, 0) is 6.42 Å². The number of rotatable bonds is 8. The number of ether oxygens (including phenoxy) is 1. The van der Waals surface area contributed by atoms with Gasteiger partial charge in [0.15, 0.2) is 0 Å². The van der Waals surface area contributed by atoms with Crippen LogP contribution in [-0.4, -0.2) is 25.1 Å². The van der Waals surface area contributed by atoms with E-state index >= 15 is 0 Å². The third-order valence-electron chi connectivity index (χ3n) is 5.68. The quantitative estimate of drug-likeness (QED) is 0.491. The van der Waals surface area contributed by atoms with Crippen molar-refractivity contribution in [2.75, 3.05) is 13.1 Å². The fourth-order valence-electron chi connectivity index (χ4n) is 3.69. The van der Waals surface area contributed by atoms with E-state index in [2.05, 4.69) is 54.0 Å². The van der Waals surface area contributed by atoms with E-state index < -0.39 is 0 Å². The zero-order valence-corrected chi connectivity index (χ0v) is 19.2. The summed E-state index contributed by atoms with van der Waals surface area (Å²) in [4.78, 5) is 15.7. The second-order valence-corrected chi connectivity index (χ2v) is 9.38. The minimum Gasteiger partial charge on any atom is -0.488 e. The highest BCUT2D eigenvalue weighted by Gasteiger charge is 2.20. The Hall–Kier alpha value is -2.63. The van der Waals surface area contributed by atoms with Crippen LogP contribution in [0.25, 0.3) is 10.4 Å². The van der Waals surface area contributed by atoms with Crippen molar-refractivity contribution >= 4 is 17.2 Å². The predicted molar refractivity (Wildman–Crippen MR) is 128 cm³/mol. The number of thiophene rings is 1. The molecule has 4 nitrogen and oxygen atoms in total. The number of carbonyl (C=O) groups is 1. The monoisotopic (exact) mass is 434 g/mol. The van der Waals surface area contributed by atoms with Crippen LogP contribution in [0.4, 0.5) is 0 Å². The highest BCUT2D eigenvalue weighted by molar-refractivity contribution is 7.15. The lowest BCUT2D eigenvalue weighted by Crippen LogP contribution is -2.50. The Bertz CT molecular complexity index is 1060. The molecule has 162 valence electrons. The van der Waals surface area contributed by atoms with Gasteiger partial charge >= 0.3 is 0 Å². The van der Waals surface area contributed by atoms with E-state index in [9.17, 15) is 4.79 Å². The summed E-state index contributed by atoms with van der Waals surface area (Å²) in [7, 11) is 0. The first-order chi connectivity index (χ1) is 15.0. The van der Waals surface area contributed by atoms with E-state index in [4.69, 9.17) is 4.74 Å². The molecule has 5 heteroatoms. The molecular formula is C26H30N2O2S. The second kappa shape index (κ2) is 9.67. The Balaban J connectivity index is 1.47. The van der Waals surface area contributed by atoms with Gasteiger partial charge in [-0.2, -0.15) is 0 Å². The van der Waals surface area contributed by atoms with E-state index in [1.54, 1.807) is 0 Å². The summed E-state index contributed by atoms with van der Waals surface area (Å²) in [5.41, 5.74) is 3.91. The average molecular weight is 435 g/mol. The van der Waals surface area contributed by atoms with Crippen LogP contribution in [0.2, 0.25) is 0 Å². The van der Waals surface area contributed by atoms with E-state index in [-0.39, 0.29) is 18.1 Å². The number of amides is 1. The number of aryl methyl sites for hydroxylation is 2. The molecule has 1 unspecified atom stereocenters. The number of hydrogen-bond donors (Lipinski definition) is 2. The maximum Gasteiger partial charge on any atom is 0.252 e. The molecular weight excluding hydrogens is 404 g/mol. The molecule has 4 rings (SSSR count). The van der Waals surface area contributed by atoms with Gasteiger partial charge in [-0.3, -0.25) is 4.79 Å². The van der Waals surface area contributed by atoms with Crippen molar-refractivity contribution in [1.82, 2.24) is 10.6 Å². The van der Waals surface area contributed by atoms with Gasteiger partial charge in [0.1, 0.15) is 11.9 Å². The molecule has 1 fully saturated rings. The van der Waals surface area contributed by atoms with Crippen molar-refractivity contribution in [1.29, 1.82) is 0 Å². The lowest BCUT2D eigenvalue weighted by molar-refractivity contribution is 0.0937. The molecule has 1 aliphatic rings. The molecule has 0 bridgehead atoms. The molecule has 1 saturated heterocycles. The lowest BCUT2D eigenvalue weighted by Gasteiger charge is -2.28. The molecule has 3 aromatic rings. The van der Waals surface area contributed by atoms with Crippen molar-refractivity contribution in [3.8, 4) is 16.2 Å². The molecule has 2 heterocycles. The summed E-state index contributed by atoms with van der Waals surface area (Å²) in [5, 5.41) is 6.36. The second-order valence-electron chi connectivity index (χ2n) is 8.21. The first-order valence-corrected chi connectivity index (χ1v) is 11.8. The summed E-state index contributed by atoms with van der Waals surface area (Å²) in [6.07, 6.45) is 2.47. The van der Waals surface area contributed by atoms with Gasteiger partial charge in [-0.1, -0.05) is 37.6 Å². The van der Waals surface area contributed by atoms with Crippen molar-refractivity contribution < 1.29 is 9.53 Å². The summed E-state index contributed by atoms with van der Waals surface area (Å²) in [6.45, 7) is 7.90. The Morgan fingerprint density at radius 3 is 2.77 bits per heavy atom. The average Bonchev–Trinajstić information content (AvgIpc) is 3.21. The third kappa shape index (κ3) is 5.17. The number of benzene rings is 2. The van der Waals surface area contributed by atoms with Crippen molar-refractivity contribution in [3.63, 3.8) is 0 Å². The molecule has 0 saturated carbocycles. The van der Waals surface area contributed by atoms with Gasteiger partial charge in [-0.15, -0.1) is 11.3 Å². The Morgan fingerprint density at radius 2 is 2.03 bits per heavy atom. The first-order valence-electron chi connectivity index (χ1n) is 11.0. The third-order valence-corrected chi connectivity index (χ3v) is 6.87. The van der Waals surface area contributed by atoms with Gasteiger partial charge in [-0.05, 0) is 67.3 Å². The van der Waals surface area contributed by atoms with Crippen LogP contribution in [0.15, 0.2) is 54.6 Å². The van der Waals surface area contributed by atoms with E-state index in [0.29, 0.717) is 5.56 Å². The van der Waals surface area contributed by atoms with E-state index in [1.165, 1.54) is 15.3 Å². The van der Waals surface area contributed by atoms with Crippen LogP contribution in [0.5, 0.6) is 5.75 Å². The summed E-state index contributed by atoms with van der Waals surface area (Å²) < 4.78 is 5.93. The van der Waals surface area contributed by atoms with Crippen LogP contribution in [0.1, 0.15) is 52.7 Å². The lowest BCUT2D eigenvalue weighted by atomic mass is 10.0. The maximum atomic E-state index is 13.0. The summed E-state index contributed by atoms with van der Waals surface area (Å²) in [6, 6.07) is 18.5. The van der Waals surface area contributed by atoms with Crippen molar-refractivity contribution in [3.05, 3.63) is 76.2 Å². The SMILES string of the molecule is CCCc1ccc(-c2cccc(C(C)NC(=O)c3cc(OC4CNC4)ccc3C)c2)s1. The molecule has 0 aliphatic carbocycles. The van der Waals surface area contributed by atoms with Crippen LogP contribution >= 0.6 is 11.3 Å². The molecule has 0 radical (unpaired) electrons. The van der Waals surface area contributed by atoms with Crippen LogP contribution in [0, 0.1) is 6.92 Å². The molecule has 2 N–H and O–H groups in total. The number of carbonyl (C=O) groups excluding carboxylic acids is 1. The Kier molecular flexibility index (Phi) is 6.73. The summed E-state index contributed by atoms with van der Waals surface area (Å²) in [5.74, 6) is 0.673. The molecule has 1 aromatic heterocycles. The molecule has 0 spiro atoms. The van der Waals surface area contributed by atoms with Gasteiger partial charge < -0.3 is 15.4 Å². The van der Waals surface area contributed by atoms with Crippen molar-refractivity contribution in [2.24, 2.45) is 0 Å². The fraction of sp³-hybridized carbons (Fsp3) is 0.346. The van der Waals surface area contributed by atoms with Gasteiger partial charge in [0.25, 0.3) is 5.91 Å². The normalized spacial score (nSPS) is 14.7. The highest BCUT2D eigenvalue weighted by atomic mass is 32.1. The first kappa shape index (κ1) is 21.6. The van der Waals surface area contributed by atoms with Gasteiger partial charge in [0.05, 0.1) is 6.04 Å². The molecule has 1 amide bonds.